The zero-order valence-electron chi connectivity index (χ0n) is 10.2. The van der Waals surface area contributed by atoms with E-state index in [1.807, 2.05) is 0 Å². The summed E-state index contributed by atoms with van der Waals surface area (Å²) < 4.78 is 40.1. The van der Waals surface area contributed by atoms with Crippen LogP contribution < -0.4 is 10.5 Å². The standard InChI is InChI=1S/C12H17FN2O2S/c1-9-7-10(13)3-4-11(9)18(16,17)15-12(8-14)5-2-6-12/h3-4,7,15H,2,5-6,8,14H2,1H3. The summed E-state index contributed by atoms with van der Waals surface area (Å²) in [7, 11) is -3.63. The van der Waals surface area contributed by atoms with E-state index in [-0.39, 0.29) is 11.4 Å². The molecule has 0 heterocycles. The zero-order chi connectivity index (χ0) is 13.4. The van der Waals surface area contributed by atoms with Gasteiger partial charge in [0.1, 0.15) is 5.82 Å². The van der Waals surface area contributed by atoms with Gasteiger partial charge < -0.3 is 5.73 Å². The van der Waals surface area contributed by atoms with Crippen molar-refractivity contribution >= 4 is 10.0 Å². The SMILES string of the molecule is Cc1cc(F)ccc1S(=O)(=O)NC1(CN)CCC1. The first-order valence-electron chi connectivity index (χ1n) is 5.89. The molecule has 0 amide bonds. The monoisotopic (exact) mass is 272 g/mol. The lowest BCUT2D eigenvalue weighted by Crippen LogP contribution is -2.58. The normalized spacial score (nSPS) is 18.4. The summed E-state index contributed by atoms with van der Waals surface area (Å²) >= 11 is 0. The molecule has 2 rings (SSSR count). The molecular formula is C12H17FN2O2S. The molecule has 0 atom stereocenters. The summed E-state index contributed by atoms with van der Waals surface area (Å²) in [6.45, 7) is 1.86. The van der Waals surface area contributed by atoms with Gasteiger partial charge in [-0.1, -0.05) is 0 Å². The van der Waals surface area contributed by atoms with Crippen LogP contribution in [0.15, 0.2) is 23.1 Å². The molecule has 1 saturated carbocycles. The molecule has 1 aliphatic carbocycles. The topological polar surface area (TPSA) is 72.2 Å². The van der Waals surface area contributed by atoms with Gasteiger partial charge in [-0.25, -0.2) is 17.5 Å². The molecule has 0 aromatic heterocycles. The Balaban J connectivity index is 2.31. The highest BCUT2D eigenvalue weighted by molar-refractivity contribution is 7.89. The summed E-state index contributed by atoms with van der Waals surface area (Å²) in [5, 5.41) is 0. The van der Waals surface area contributed by atoms with Gasteiger partial charge in [-0.2, -0.15) is 0 Å². The van der Waals surface area contributed by atoms with E-state index < -0.39 is 21.4 Å². The molecule has 0 bridgehead atoms. The largest absolute Gasteiger partial charge is 0.329 e. The third kappa shape index (κ3) is 2.41. The van der Waals surface area contributed by atoms with Crippen LogP contribution in [0.3, 0.4) is 0 Å². The van der Waals surface area contributed by atoms with Crippen molar-refractivity contribution in [2.75, 3.05) is 6.54 Å². The third-order valence-electron chi connectivity index (χ3n) is 3.48. The molecule has 1 fully saturated rings. The highest BCUT2D eigenvalue weighted by Crippen LogP contribution is 2.32. The van der Waals surface area contributed by atoms with Gasteiger partial charge in [0.15, 0.2) is 0 Å². The predicted octanol–water partition coefficient (Wildman–Crippen LogP) is 1.29. The summed E-state index contributed by atoms with van der Waals surface area (Å²) in [5.41, 5.74) is 5.51. The fourth-order valence-corrected chi connectivity index (χ4v) is 3.90. The number of hydrogen-bond acceptors (Lipinski definition) is 3. The van der Waals surface area contributed by atoms with E-state index in [2.05, 4.69) is 4.72 Å². The van der Waals surface area contributed by atoms with E-state index in [0.29, 0.717) is 5.56 Å². The van der Waals surface area contributed by atoms with Crippen LogP contribution in [-0.4, -0.2) is 20.5 Å². The van der Waals surface area contributed by atoms with Gasteiger partial charge in [-0.05, 0) is 49.9 Å². The summed E-state index contributed by atoms with van der Waals surface area (Å²) in [6.07, 6.45) is 2.48. The van der Waals surface area contributed by atoms with Crippen LogP contribution in [0.25, 0.3) is 0 Å². The Kier molecular flexibility index (Phi) is 3.44. The molecule has 1 aromatic rings. The number of hydrogen-bond donors (Lipinski definition) is 2. The Morgan fingerprint density at radius 2 is 2.11 bits per heavy atom. The van der Waals surface area contributed by atoms with Crippen molar-refractivity contribution in [2.24, 2.45) is 5.73 Å². The van der Waals surface area contributed by atoms with Crippen molar-refractivity contribution in [3.05, 3.63) is 29.6 Å². The zero-order valence-corrected chi connectivity index (χ0v) is 11.1. The van der Waals surface area contributed by atoms with Gasteiger partial charge in [0.2, 0.25) is 10.0 Å². The minimum absolute atomic E-state index is 0.114. The first-order valence-corrected chi connectivity index (χ1v) is 7.37. The summed E-state index contributed by atoms with van der Waals surface area (Å²) in [6, 6.07) is 3.65. The fraction of sp³-hybridized carbons (Fsp3) is 0.500. The van der Waals surface area contributed by atoms with Crippen LogP contribution in [0, 0.1) is 12.7 Å². The van der Waals surface area contributed by atoms with E-state index in [1.54, 1.807) is 6.92 Å². The summed E-state index contributed by atoms with van der Waals surface area (Å²) in [5.74, 6) is -0.441. The van der Waals surface area contributed by atoms with Crippen molar-refractivity contribution in [1.82, 2.24) is 4.72 Å². The van der Waals surface area contributed by atoms with Crippen molar-refractivity contribution in [3.8, 4) is 0 Å². The second kappa shape index (κ2) is 4.60. The number of nitrogens with one attached hydrogen (secondary N) is 1. The molecule has 1 aliphatic rings. The van der Waals surface area contributed by atoms with Crippen LogP contribution >= 0.6 is 0 Å². The number of sulfonamides is 1. The third-order valence-corrected chi connectivity index (χ3v) is 5.22. The molecular weight excluding hydrogens is 255 g/mol. The number of rotatable bonds is 4. The molecule has 0 saturated heterocycles. The van der Waals surface area contributed by atoms with Gasteiger partial charge in [0.25, 0.3) is 0 Å². The van der Waals surface area contributed by atoms with Crippen LogP contribution in [0.5, 0.6) is 0 Å². The van der Waals surface area contributed by atoms with Crippen LogP contribution in [0.2, 0.25) is 0 Å². The van der Waals surface area contributed by atoms with E-state index in [4.69, 9.17) is 5.73 Å². The number of benzene rings is 1. The maximum atomic E-state index is 13.0. The number of halogens is 1. The van der Waals surface area contributed by atoms with Gasteiger partial charge >= 0.3 is 0 Å². The molecule has 4 nitrogen and oxygen atoms in total. The van der Waals surface area contributed by atoms with Crippen molar-refractivity contribution in [3.63, 3.8) is 0 Å². The van der Waals surface area contributed by atoms with Crippen LogP contribution in [0.4, 0.5) is 4.39 Å². The molecule has 6 heteroatoms. The van der Waals surface area contributed by atoms with E-state index >= 15 is 0 Å². The second-order valence-electron chi connectivity index (χ2n) is 4.85. The summed E-state index contributed by atoms with van der Waals surface area (Å²) in [4.78, 5) is 0.114. The Bertz CT molecular complexity index is 548. The highest BCUT2D eigenvalue weighted by atomic mass is 32.2. The van der Waals surface area contributed by atoms with Crippen LogP contribution in [0.1, 0.15) is 24.8 Å². The molecule has 0 radical (unpaired) electrons. The number of aryl methyl sites for hydroxylation is 1. The van der Waals surface area contributed by atoms with E-state index in [1.165, 1.54) is 12.1 Å². The lowest BCUT2D eigenvalue weighted by molar-refractivity contribution is 0.230. The Morgan fingerprint density at radius 3 is 2.56 bits per heavy atom. The minimum Gasteiger partial charge on any atom is -0.329 e. The molecule has 100 valence electrons. The van der Waals surface area contributed by atoms with Gasteiger partial charge in [-0.3, -0.25) is 0 Å². The average molecular weight is 272 g/mol. The lowest BCUT2D eigenvalue weighted by atomic mass is 9.78. The quantitative estimate of drug-likeness (QED) is 0.867. The average Bonchev–Trinajstić information content (AvgIpc) is 2.23. The van der Waals surface area contributed by atoms with Crippen molar-refractivity contribution < 1.29 is 12.8 Å². The molecule has 0 aliphatic heterocycles. The molecule has 18 heavy (non-hydrogen) atoms. The van der Waals surface area contributed by atoms with Gasteiger partial charge in [-0.15, -0.1) is 0 Å². The number of nitrogens with two attached hydrogens (primary N) is 1. The maximum Gasteiger partial charge on any atom is 0.241 e. The first-order chi connectivity index (χ1) is 8.38. The van der Waals surface area contributed by atoms with Crippen LogP contribution in [-0.2, 0) is 10.0 Å². The molecule has 0 unspecified atom stereocenters. The Morgan fingerprint density at radius 1 is 1.44 bits per heavy atom. The lowest BCUT2D eigenvalue weighted by Gasteiger charge is -2.41. The Hall–Kier alpha value is -0.980. The molecule has 1 aromatic carbocycles. The van der Waals surface area contributed by atoms with E-state index in [9.17, 15) is 12.8 Å². The fourth-order valence-electron chi connectivity index (χ4n) is 2.21. The van der Waals surface area contributed by atoms with E-state index in [0.717, 1.165) is 25.3 Å². The Labute approximate surface area is 106 Å². The maximum absolute atomic E-state index is 13.0. The van der Waals surface area contributed by atoms with Gasteiger partial charge in [0.05, 0.1) is 4.90 Å². The smallest absolute Gasteiger partial charge is 0.241 e. The second-order valence-corrected chi connectivity index (χ2v) is 6.50. The van der Waals surface area contributed by atoms with Crippen molar-refractivity contribution in [2.45, 2.75) is 36.6 Å². The predicted molar refractivity (Wildman–Crippen MR) is 67.1 cm³/mol. The van der Waals surface area contributed by atoms with Crippen molar-refractivity contribution in [1.29, 1.82) is 0 Å². The molecule has 3 N–H and O–H groups in total. The first kappa shape index (κ1) is 13.5. The van der Waals surface area contributed by atoms with Gasteiger partial charge in [0, 0.05) is 12.1 Å². The minimum atomic E-state index is -3.63. The molecule has 0 spiro atoms. The highest BCUT2D eigenvalue weighted by Gasteiger charge is 2.39.